The maximum Gasteiger partial charge on any atom is 0.253 e. The number of amides is 1. The van der Waals surface area contributed by atoms with Crippen LogP contribution in [0.25, 0.3) is 0 Å². The predicted octanol–water partition coefficient (Wildman–Crippen LogP) is 3.68. The van der Waals surface area contributed by atoms with Crippen molar-refractivity contribution in [1.29, 1.82) is 0 Å². The van der Waals surface area contributed by atoms with Gasteiger partial charge < -0.3 is 10.6 Å². The SMILES string of the molecule is CCNc1c(F)cccc1C(=O)NC(C)Cc1ccsc1. The van der Waals surface area contributed by atoms with Gasteiger partial charge in [0.1, 0.15) is 5.82 Å². The first-order valence-corrected chi connectivity index (χ1v) is 7.90. The normalized spacial score (nSPS) is 12.0. The lowest BCUT2D eigenvalue weighted by atomic mass is 10.1. The standard InChI is InChI=1S/C16H19FN2OS/c1-3-18-15-13(5-4-6-14(15)17)16(20)19-11(2)9-12-7-8-21-10-12/h4-8,10-11,18H,3,9H2,1-2H3,(H,19,20). The number of rotatable bonds is 6. The van der Waals surface area contributed by atoms with Crippen molar-refractivity contribution in [2.24, 2.45) is 0 Å². The summed E-state index contributed by atoms with van der Waals surface area (Å²) in [5.74, 6) is -0.664. The molecule has 1 atom stereocenters. The number of halogens is 1. The van der Waals surface area contributed by atoms with Crippen molar-refractivity contribution in [2.45, 2.75) is 26.3 Å². The highest BCUT2D eigenvalue weighted by Crippen LogP contribution is 2.20. The van der Waals surface area contributed by atoms with Crippen molar-refractivity contribution in [3.05, 3.63) is 52.0 Å². The molecular formula is C16H19FN2OS. The van der Waals surface area contributed by atoms with Crippen LogP contribution in [0.3, 0.4) is 0 Å². The minimum Gasteiger partial charge on any atom is -0.382 e. The third kappa shape index (κ3) is 4.04. The van der Waals surface area contributed by atoms with Gasteiger partial charge in [0.15, 0.2) is 0 Å². The fraction of sp³-hybridized carbons (Fsp3) is 0.312. The molecule has 5 heteroatoms. The highest BCUT2D eigenvalue weighted by atomic mass is 32.1. The molecular weight excluding hydrogens is 287 g/mol. The van der Waals surface area contributed by atoms with Crippen molar-refractivity contribution in [1.82, 2.24) is 5.32 Å². The van der Waals surface area contributed by atoms with Gasteiger partial charge >= 0.3 is 0 Å². The van der Waals surface area contributed by atoms with E-state index in [1.165, 1.54) is 11.6 Å². The number of hydrogen-bond donors (Lipinski definition) is 2. The summed E-state index contributed by atoms with van der Waals surface area (Å²) in [5, 5.41) is 9.91. The van der Waals surface area contributed by atoms with Gasteiger partial charge in [0.25, 0.3) is 5.91 Å². The first-order valence-electron chi connectivity index (χ1n) is 6.96. The highest BCUT2D eigenvalue weighted by Gasteiger charge is 2.16. The molecule has 1 aromatic heterocycles. The first kappa shape index (κ1) is 15.5. The summed E-state index contributed by atoms with van der Waals surface area (Å²) >= 11 is 1.64. The quantitative estimate of drug-likeness (QED) is 0.855. The molecule has 1 unspecified atom stereocenters. The van der Waals surface area contributed by atoms with Gasteiger partial charge in [-0.1, -0.05) is 6.07 Å². The molecule has 1 heterocycles. The predicted molar refractivity (Wildman–Crippen MR) is 85.5 cm³/mol. The Balaban J connectivity index is 2.07. The third-order valence-corrected chi connectivity index (χ3v) is 3.84. The molecule has 2 rings (SSSR count). The lowest BCUT2D eigenvalue weighted by Crippen LogP contribution is -2.34. The molecule has 1 aromatic carbocycles. The molecule has 0 aliphatic heterocycles. The monoisotopic (exact) mass is 306 g/mol. The van der Waals surface area contributed by atoms with Crippen LogP contribution in [-0.4, -0.2) is 18.5 Å². The van der Waals surface area contributed by atoms with E-state index in [0.717, 1.165) is 6.42 Å². The molecule has 0 bridgehead atoms. The zero-order valence-corrected chi connectivity index (χ0v) is 13.0. The van der Waals surface area contributed by atoms with Gasteiger partial charge in [-0.3, -0.25) is 4.79 Å². The highest BCUT2D eigenvalue weighted by molar-refractivity contribution is 7.07. The number of carbonyl (C=O) groups excluding carboxylic acids is 1. The van der Waals surface area contributed by atoms with Crippen LogP contribution in [0.2, 0.25) is 0 Å². The summed E-state index contributed by atoms with van der Waals surface area (Å²) in [5.41, 5.74) is 1.80. The number of anilines is 1. The van der Waals surface area contributed by atoms with Gasteiger partial charge in [0, 0.05) is 12.6 Å². The van der Waals surface area contributed by atoms with Gasteiger partial charge in [-0.25, -0.2) is 4.39 Å². The minimum atomic E-state index is -0.407. The van der Waals surface area contributed by atoms with Gasteiger partial charge in [0.05, 0.1) is 11.3 Å². The van der Waals surface area contributed by atoms with Crippen LogP contribution in [0.15, 0.2) is 35.0 Å². The third-order valence-electron chi connectivity index (χ3n) is 3.11. The van der Waals surface area contributed by atoms with Crippen LogP contribution in [0.1, 0.15) is 29.8 Å². The van der Waals surface area contributed by atoms with Crippen molar-refractivity contribution in [2.75, 3.05) is 11.9 Å². The summed E-state index contributed by atoms with van der Waals surface area (Å²) in [6, 6.07) is 6.57. The second kappa shape index (κ2) is 7.22. The van der Waals surface area contributed by atoms with Crippen molar-refractivity contribution in [3.63, 3.8) is 0 Å². The Kier molecular flexibility index (Phi) is 5.33. The van der Waals surface area contributed by atoms with E-state index in [4.69, 9.17) is 0 Å². The smallest absolute Gasteiger partial charge is 0.253 e. The molecule has 0 spiro atoms. The zero-order valence-electron chi connectivity index (χ0n) is 12.2. The van der Waals surface area contributed by atoms with Crippen molar-refractivity contribution >= 4 is 22.9 Å². The Morgan fingerprint density at radius 1 is 1.38 bits per heavy atom. The number of hydrogen-bond acceptors (Lipinski definition) is 3. The number of nitrogens with one attached hydrogen (secondary N) is 2. The number of carbonyl (C=O) groups is 1. The number of benzene rings is 1. The van der Waals surface area contributed by atoms with E-state index < -0.39 is 5.82 Å². The molecule has 0 radical (unpaired) electrons. The molecule has 112 valence electrons. The van der Waals surface area contributed by atoms with Crippen LogP contribution in [0.4, 0.5) is 10.1 Å². The fourth-order valence-electron chi connectivity index (χ4n) is 2.18. The maximum atomic E-state index is 13.8. The molecule has 0 saturated carbocycles. The van der Waals surface area contributed by atoms with Gasteiger partial charge in [0.2, 0.25) is 0 Å². The second-order valence-corrected chi connectivity index (χ2v) is 5.68. The van der Waals surface area contributed by atoms with E-state index in [1.54, 1.807) is 23.5 Å². The van der Waals surface area contributed by atoms with Gasteiger partial charge in [-0.2, -0.15) is 11.3 Å². The van der Waals surface area contributed by atoms with E-state index >= 15 is 0 Å². The molecule has 0 fully saturated rings. The van der Waals surface area contributed by atoms with Crippen LogP contribution < -0.4 is 10.6 Å². The van der Waals surface area contributed by atoms with Crippen LogP contribution >= 0.6 is 11.3 Å². The average molecular weight is 306 g/mol. The Bertz CT molecular complexity index is 598. The number of thiophene rings is 1. The Labute approximate surface area is 128 Å². The van der Waals surface area contributed by atoms with E-state index in [1.807, 2.05) is 25.3 Å². The largest absolute Gasteiger partial charge is 0.382 e. The van der Waals surface area contributed by atoms with Crippen LogP contribution in [-0.2, 0) is 6.42 Å². The van der Waals surface area contributed by atoms with E-state index in [2.05, 4.69) is 16.0 Å². The summed E-state index contributed by atoms with van der Waals surface area (Å²) in [4.78, 5) is 12.3. The zero-order chi connectivity index (χ0) is 15.2. The van der Waals surface area contributed by atoms with Crippen molar-refractivity contribution in [3.8, 4) is 0 Å². The number of para-hydroxylation sites is 1. The average Bonchev–Trinajstić information content (AvgIpc) is 2.93. The lowest BCUT2D eigenvalue weighted by Gasteiger charge is -2.16. The van der Waals surface area contributed by atoms with Crippen molar-refractivity contribution < 1.29 is 9.18 Å². The van der Waals surface area contributed by atoms with Crippen LogP contribution in [0.5, 0.6) is 0 Å². The Morgan fingerprint density at radius 2 is 2.19 bits per heavy atom. The van der Waals surface area contributed by atoms with E-state index in [-0.39, 0.29) is 17.6 Å². The summed E-state index contributed by atoms with van der Waals surface area (Å²) in [6.07, 6.45) is 0.765. The van der Waals surface area contributed by atoms with Gasteiger partial charge in [-0.05, 0) is 54.8 Å². The van der Waals surface area contributed by atoms with Gasteiger partial charge in [-0.15, -0.1) is 0 Å². The molecule has 3 nitrogen and oxygen atoms in total. The van der Waals surface area contributed by atoms with E-state index in [9.17, 15) is 9.18 Å². The van der Waals surface area contributed by atoms with Crippen LogP contribution in [0, 0.1) is 5.82 Å². The maximum absolute atomic E-state index is 13.8. The van der Waals surface area contributed by atoms with E-state index in [0.29, 0.717) is 12.1 Å². The molecule has 0 aliphatic rings. The Hall–Kier alpha value is -1.88. The molecule has 2 aromatic rings. The Morgan fingerprint density at radius 3 is 2.86 bits per heavy atom. The second-order valence-electron chi connectivity index (χ2n) is 4.90. The molecule has 1 amide bonds. The first-order chi connectivity index (χ1) is 10.1. The summed E-state index contributed by atoms with van der Waals surface area (Å²) in [7, 11) is 0. The molecule has 0 aliphatic carbocycles. The molecule has 2 N–H and O–H groups in total. The topological polar surface area (TPSA) is 41.1 Å². The summed E-state index contributed by atoms with van der Waals surface area (Å²) in [6.45, 7) is 4.38. The molecule has 0 saturated heterocycles. The lowest BCUT2D eigenvalue weighted by molar-refractivity contribution is 0.0940. The molecule has 21 heavy (non-hydrogen) atoms. The summed E-state index contributed by atoms with van der Waals surface area (Å²) < 4.78 is 13.8. The fourth-order valence-corrected chi connectivity index (χ4v) is 2.87. The minimum absolute atomic E-state index is 0.00940.